The number of hydrogen-bond donors (Lipinski definition) is 0. The molecule has 0 amide bonds. The standard InChI is InChI=1S/C14H20O/c1-2-7-15-14(6-1)9-10-8-13(14)12-5-3-4-11(10)12/h2,7,10-13H,1,3-6,8-9H2/t10-,11-,12+,13+,14-/m1/s1. The van der Waals surface area contributed by atoms with Crippen LogP contribution in [0.15, 0.2) is 12.3 Å². The van der Waals surface area contributed by atoms with E-state index in [0.717, 1.165) is 23.7 Å². The predicted molar refractivity (Wildman–Crippen MR) is 59.2 cm³/mol. The summed E-state index contributed by atoms with van der Waals surface area (Å²) in [6.45, 7) is 0. The van der Waals surface area contributed by atoms with Gasteiger partial charge in [-0.3, -0.25) is 0 Å². The van der Waals surface area contributed by atoms with Crippen molar-refractivity contribution in [2.24, 2.45) is 23.7 Å². The Morgan fingerprint density at radius 1 is 1.20 bits per heavy atom. The molecule has 3 fully saturated rings. The van der Waals surface area contributed by atoms with Crippen molar-refractivity contribution in [3.8, 4) is 0 Å². The fourth-order valence-corrected chi connectivity index (χ4v) is 5.27. The Hall–Kier alpha value is -0.460. The van der Waals surface area contributed by atoms with Gasteiger partial charge >= 0.3 is 0 Å². The summed E-state index contributed by atoms with van der Waals surface area (Å²) >= 11 is 0. The number of allylic oxidation sites excluding steroid dienone is 1. The molecule has 0 aromatic carbocycles. The van der Waals surface area contributed by atoms with Gasteiger partial charge in [-0.05, 0) is 62.4 Å². The van der Waals surface area contributed by atoms with Crippen LogP contribution in [0.1, 0.15) is 44.9 Å². The van der Waals surface area contributed by atoms with Gasteiger partial charge in [0.25, 0.3) is 0 Å². The average molecular weight is 204 g/mol. The summed E-state index contributed by atoms with van der Waals surface area (Å²) < 4.78 is 6.09. The number of fused-ring (bicyclic) bond motifs is 6. The highest BCUT2D eigenvalue weighted by Gasteiger charge is 2.61. The Labute approximate surface area is 91.9 Å². The zero-order valence-corrected chi connectivity index (χ0v) is 9.32. The molecule has 2 bridgehead atoms. The van der Waals surface area contributed by atoms with Gasteiger partial charge in [0.1, 0.15) is 5.60 Å². The van der Waals surface area contributed by atoms with Crippen molar-refractivity contribution in [2.45, 2.75) is 50.5 Å². The van der Waals surface area contributed by atoms with Gasteiger partial charge in [-0.2, -0.15) is 0 Å². The molecular weight excluding hydrogens is 184 g/mol. The molecule has 1 spiro atoms. The summed E-state index contributed by atoms with van der Waals surface area (Å²) in [7, 11) is 0. The molecule has 0 unspecified atom stereocenters. The summed E-state index contributed by atoms with van der Waals surface area (Å²) in [4.78, 5) is 0. The van der Waals surface area contributed by atoms with E-state index in [1.54, 1.807) is 0 Å². The highest BCUT2D eigenvalue weighted by molar-refractivity contribution is 5.13. The van der Waals surface area contributed by atoms with Crippen LogP contribution in [0.2, 0.25) is 0 Å². The molecule has 0 N–H and O–H groups in total. The molecule has 0 aromatic heterocycles. The normalized spacial score (nSPS) is 56.0. The monoisotopic (exact) mass is 204 g/mol. The third-order valence-electron chi connectivity index (χ3n) is 5.72. The number of hydrogen-bond acceptors (Lipinski definition) is 1. The van der Waals surface area contributed by atoms with Gasteiger partial charge in [-0.1, -0.05) is 6.42 Å². The molecule has 1 heterocycles. The van der Waals surface area contributed by atoms with Crippen molar-refractivity contribution in [3.63, 3.8) is 0 Å². The molecule has 1 heteroatoms. The highest BCUT2D eigenvalue weighted by atomic mass is 16.5. The largest absolute Gasteiger partial charge is 0.495 e. The Balaban J connectivity index is 1.67. The maximum atomic E-state index is 6.09. The van der Waals surface area contributed by atoms with Crippen LogP contribution in [-0.2, 0) is 4.74 Å². The number of ether oxygens (including phenoxy) is 1. The van der Waals surface area contributed by atoms with E-state index in [1.165, 1.54) is 44.9 Å². The van der Waals surface area contributed by atoms with Gasteiger partial charge in [0.15, 0.2) is 0 Å². The van der Waals surface area contributed by atoms with Crippen molar-refractivity contribution in [1.82, 2.24) is 0 Å². The summed E-state index contributed by atoms with van der Waals surface area (Å²) in [5.74, 6) is 4.07. The van der Waals surface area contributed by atoms with E-state index in [-0.39, 0.29) is 0 Å². The van der Waals surface area contributed by atoms with E-state index in [1.807, 2.05) is 6.26 Å². The summed E-state index contributed by atoms with van der Waals surface area (Å²) in [6, 6.07) is 0. The second-order valence-corrected chi connectivity index (χ2v) is 6.16. The maximum Gasteiger partial charge on any atom is 0.112 e. The molecule has 3 aliphatic carbocycles. The fourth-order valence-electron chi connectivity index (χ4n) is 5.27. The first-order valence-corrected chi connectivity index (χ1v) is 6.72. The summed E-state index contributed by atoms with van der Waals surface area (Å²) in [5.41, 5.74) is 0.297. The molecule has 0 radical (unpaired) electrons. The van der Waals surface area contributed by atoms with Crippen LogP contribution in [-0.4, -0.2) is 5.60 Å². The fraction of sp³-hybridized carbons (Fsp3) is 0.857. The van der Waals surface area contributed by atoms with Gasteiger partial charge in [0, 0.05) is 5.92 Å². The average Bonchev–Trinajstić information content (AvgIpc) is 2.89. The molecule has 15 heavy (non-hydrogen) atoms. The Morgan fingerprint density at radius 2 is 2.13 bits per heavy atom. The van der Waals surface area contributed by atoms with Crippen molar-refractivity contribution in [3.05, 3.63) is 12.3 Å². The molecule has 82 valence electrons. The Morgan fingerprint density at radius 3 is 3.00 bits per heavy atom. The van der Waals surface area contributed by atoms with Gasteiger partial charge in [-0.25, -0.2) is 0 Å². The topological polar surface area (TPSA) is 9.23 Å². The van der Waals surface area contributed by atoms with Gasteiger partial charge < -0.3 is 4.74 Å². The molecule has 4 aliphatic rings. The Bertz CT molecular complexity index is 308. The summed E-state index contributed by atoms with van der Waals surface area (Å²) in [5, 5.41) is 0. The maximum absolute atomic E-state index is 6.09. The zero-order valence-electron chi connectivity index (χ0n) is 9.32. The lowest BCUT2D eigenvalue weighted by Crippen LogP contribution is -2.43. The first-order valence-electron chi connectivity index (χ1n) is 6.72. The van der Waals surface area contributed by atoms with E-state index < -0.39 is 0 Å². The van der Waals surface area contributed by atoms with E-state index in [4.69, 9.17) is 4.74 Å². The van der Waals surface area contributed by atoms with Crippen LogP contribution in [0.5, 0.6) is 0 Å². The van der Waals surface area contributed by atoms with Gasteiger partial charge in [0.2, 0.25) is 0 Å². The smallest absolute Gasteiger partial charge is 0.112 e. The van der Waals surface area contributed by atoms with Crippen molar-refractivity contribution in [1.29, 1.82) is 0 Å². The Kier molecular flexibility index (Phi) is 1.62. The van der Waals surface area contributed by atoms with Gasteiger partial charge in [-0.15, -0.1) is 0 Å². The minimum absolute atomic E-state index is 0.297. The zero-order chi connectivity index (χ0) is 9.88. The van der Waals surface area contributed by atoms with Crippen LogP contribution in [0.3, 0.4) is 0 Å². The third-order valence-corrected chi connectivity index (χ3v) is 5.72. The van der Waals surface area contributed by atoms with Crippen LogP contribution in [0.25, 0.3) is 0 Å². The van der Waals surface area contributed by atoms with Gasteiger partial charge in [0.05, 0.1) is 6.26 Å². The van der Waals surface area contributed by atoms with E-state index in [0.29, 0.717) is 5.60 Å². The molecule has 1 nitrogen and oxygen atoms in total. The summed E-state index contributed by atoms with van der Waals surface area (Å²) in [6.07, 6.45) is 14.1. The highest BCUT2D eigenvalue weighted by Crippen LogP contribution is 2.64. The SMILES string of the molecule is C1=CO[C@]2(CC1)C[C@H]1C[C@H]2[C@H]2CCC[C@H]12. The molecular formula is C14H20O. The van der Waals surface area contributed by atoms with Crippen LogP contribution in [0, 0.1) is 23.7 Å². The van der Waals surface area contributed by atoms with Crippen LogP contribution >= 0.6 is 0 Å². The van der Waals surface area contributed by atoms with E-state index >= 15 is 0 Å². The second-order valence-electron chi connectivity index (χ2n) is 6.16. The number of rotatable bonds is 0. The van der Waals surface area contributed by atoms with Crippen LogP contribution < -0.4 is 0 Å². The van der Waals surface area contributed by atoms with Crippen molar-refractivity contribution >= 4 is 0 Å². The van der Waals surface area contributed by atoms with E-state index in [2.05, 4.69) is 6.08 Å². The molecule has 3 saturated carbocycles. The first kappa shape index (κ1) is 8.66. The molecule has 5 atom stereocenters. The lowest BCUT2D eigenvalue weighted by molar-refractivity contribution is -0.0690. The second kappa shape index (κ2) is 2.81. The van der Waals surface area contributed by atoms with E-state index in [9.17, 15) is 0 Å². The molecule has 0 aromatic rings. The first-order chi connectivity index (χ1) is 7.39. The molecule has 4 rings (SSSR count). The van der Waals surface area contributed by atoms with Crippen molar-refractivity contribution < 1.29 is 4.74 Å². The van der Waals surface area contributed by atoms with Crippen LogP contribution in [0.4, 0.5) is 0 Å². The lowest BCUT2D eigenvalue weighted by Gasteiger charge is -2.43. The molecule has 1 aliphatic heterocycles. The predicted octanol–water partition coefficient (Wildman–Crippen LogP) is 3.51. The quantitative estimate of drug-likeness (QED) is 0.586. The third kappa shape index (κ3) is 0.996. The molecule has 0 saturated heterocycles. The minimum Gasteiger partial charge on any atom is -0.495 e. The minimum atomic E-state index is 0.297. The lowest BCUT2D eigenvalue weighted by atomic mass is 9.70. The van der Waals surface area contributed by atoms with Crippen molar-refractivity contribution in [2.75, 3.05) is 0 Å².